The lowest BCUT2D eigenvalue weighted by Gasteiger charge is -2.14. The number of benzene rings is 2. The third-order valence-corrected chi connectivity index (χ3v) is 5.77. The molecule has 0 radical (unpaired) electrons. The number of carbonyl (C=O) groups is 1. The Bertz CT molecular complexity index is 1650. The number of hydrogen-bond donors (Lipinski definition) is 2. The SMILES string of the molecule is Cc1cn(-c2cc(NC(=O)c3ccc(C)c(Nc4nccc(-c5cc#cnc5)n4)c3)cc(C(F)(F)F)c2)cn1. The lowest BCUT2D eigenvalue weighted by molar-refractivity contribution is -0.137. The molecule has 0 saturated heterocycles. The van der Waals surface area contributed by atoms with Crippen LogP contribution in [0.1, 0.15) is 27.2 Å². The molecule has 1 amide bonds. The minimum atomic E-state index is -4.60. The maximum absolute atomic E-state index is 13.6. The molecule has 0 spiro atoms. The highest BCUT2D eigenvalue weighted by Crippen LogP contribution is 2.33. The Morgan fingerprint density at radius 2 is 1.90 bits per heavy atom. The van der Waals surface area contributed by atoms with Gasteiger partial charge < -0.3 is 15.2 Å². The minimum Gasteiger partial charge on any atom is -0.324 e. The summed E-state index contributed by atoms with van der Waals surface area (Å²) in [7, 11) is 0. The zero-order valence-corrected chi connectivity index (χ0v) is 20.7. The van der Waals surface area contributed by atoms with Gasteiger partial charge in [0.05, 0.1) is 23.3 Å². The molecule has 5 aromatic rings. The number of carbonyl (C=O) groups excluding carboxylic acids is 1. The van der Waals surface area contributed by atoms with Crippen molar-refractivity contribution in [3.8, 4) is 16.9 Å². The van der Waals surface area contributed by atoms with Gasteiger partial charge in [0.2, 0.25) is 5.95 Å². The molecule has 0 aliphatic carbocycles. The van der Waals surface area contributed by atoms with Crippen LogP contribution < -0.4 is 10.6 Å². The molecule has 0 aliphatic heterocycles. The van der Waals surface area contributed by atoms with Crippen molar-refractivity contribution >= 4 is 23.2 Å². The molecular weight excluding hydrogens is 507 g/mol. The van der Waals surface area contributed by atoms with Gasteiger partial charge in [-0.3, -0.25) is 4.79 Å². The van der Waals surface area contributed by atoms with Gasteiger partial charge in [-0.05, 0) is 61.9 Å². The average molecular weight is 528 g/mol. The second-order valence-corrected chi connectivity index (χ2v) is 8.68. The summed E-state index contributed by atoms with van der Waals surface area (Å²) < 4.78 is 42.3. The topological polar surface area (TPSA) is 97.6 Å². The number of imidazole rings is 1. The molecule has 194 valence electrons. The van der Waals surface area contributed by atoms with Crippen molar-refractivity contribution in [2.75, 3.05) is 10.6 Å². The van der Waals surface area contributed by atoms with Crippen LogP contribution in [0.2, 0.25) is 0 Å². The third-order valence-electron chi connectivity index (χ3n) is 5.77. The molecule has 11 heteroatoms. The molecular formula is C28H20F3N7O. The molecule has 0 unspecified atom stereocenters. The lowest BCUT2D eigenvalue weighted by Crippen LogP contribution is -2.14. The number of aryl methyl sites for hydroxylation is 2. The predicted octanol–water partition coefficient (Wildman–Crippen LogP) is 5.96. The van der Waals surface area contributed by atoms with E-state index in [0.717, 1.165) is 23.3 Å². The largest absolute Gasteiger partial charge is 0.416 e. The highest BCUT2D eigenvalue weighted by Gasteiger charge is 2.31. The van der Waals surface area contributed by atoms with Gasteiger partial charge in [-0.2, -0.15) is 13.2 Å². The number of rotatable bonds is 6. The van der Waals surface area contributed by atoms with E-state index in [-0.39, 0.29) is 16.9 Å². The number of aromatic nitrogens is 5. The highest BCUT2D eigenvalue weighted by atomic mass is 19.4. The summed E-state index contributed by atoms with van der Waals surface area (Å²) in [6.07, 6.45) is 4.18. The van der Waals surface area contributed by atoms with Crippen LogP contribution in [0.3, 0.4) is 0 Å². The van der Waals surface area contributed by atoms with Gasteiger partial charge in [-0.25, -0.2) is 19.9 Å². The summed E-state index contributed by atoms with van der Waals surface area (Å²) in [5.74, 6) is -0.291. The molecule has 0 atom stereocenters. The van der Waals surface area contributed by atoms with Gasteiger partial charge in [0, 0.05) is 59.0 Å². The minimum absolute atomic E-state index is 0.00665. The van der Waals surface area contributed by atoms with E-state index in [0.29, 0.717) is 23.0 Å². The fraction of sp³-hybridized carbons (Fsp3) is 0.107. The van der Waals surface area contributed by atoms with E-state index in [4.69, 9.17) is 0 Å². The van der Waals surface area contributed by atoms with E-state index in [1.807, 2.05) is 6.92 Å². The summed E-state index contributed by atoms with van der Waals surface area (Å²) in [6.45, 7) is 3.57. The number of alkyl halides is 3. The predicted molar refractivity (Wildman–Crippen MR) is 139 cm³/mol. The van der Waals surface area contributed by atoms with Crippen LogP contribution in [0.4, 0.5) is 30.5 Å². The monoisotopic (exact) mass is 527 g/mol. The van der Waals surface area contributed by atoms with Gasteiger partial charge in [0.15, 0.2) is 0 Å². The van der Waals surface area contributed by atoms with Crippen molar-refractivity contribution in [2.24, 2.45) is 0 Å². The van der Waals surface area contributed by atoms with Crippen molar-refractivity contribution in [3.05, 3.63) is 108 Å². The summed E-state index contributed by atoms with van der Waals surface area (Å²) in [5.41, 5.74) is 2.90. The molecule has 8 nitrogen and oxygen atoms in total. The van der Waals surface area contributed by atoms with Crippen molar-refractivity contribution in [3.63, 3.8) is 0 Å². The first kappa shape index (κ1) is 25.4. The van der Waals surface area contributed by atoms with Crippen molar-refractivity contribution in [2.45, 2.75) is 20.0 Å². The first-order valence-corrected chi connectivity index (χ1v) is 11.7. The van der Waals surface area contributed by atoms with Gasteiger partial charge >= 0.3 is 6.18 Å². The molecule has 3 heterocycles. The Morgan fingerprint density at radius 3 is 2.62 bits per heavy atom. The molecule has 0 aliphatic rings. The number of anilines is 3. The van der Waals surface area contributed by atoms with Crippen molar-refractivity contribution < 1.29 is 18.0 Å². The van der Waals surface area contributed by atoms with E-state index in [1.54, 1.807) is 55.8 Å². The zero-order valence-electron chi connectivity index (χ0n) is 20.7. The van der Waals surface area contributed by atoms with Gasteiger partial charge in [-0.1, -0.05) is 6.07 Å². The van der Waals surface area contributed by atoms with Gasteiger partial charge in [-0.15, -0.1) is 0 Å². The van der Waals surface area contributed by atoms with E-state index >= 15 is 0 Å². The van der Waals surface area contributed by atoms with Gasteiger partial charge in [0.1, 0.15) is 0 Å². The lowest BCUT2D eigenvalue weighted by atomic mass is 10.1. The van der Waals surface area contributed by atoms with Gasteiger partial charge in [0.25, 0.3) is 5.91 Å². The second-order valence-electron chi connectivity index (χ2n) is 8.68. The number of nitrogens with zero attached hydrogens (tertiary/aromatic N) is 5. The Balaban J connectivity index is 1.41. The van der Waals surface area contributed by atoms with Crippen molar-refractivity contribution in [1.29, 1.82) is 0 Å². The van der Waals surface area contributed by atoms with Crippen LogP contribution in [0, 0.1) is 26.1 Å². The second kappa shape index (κ2) is 10.3. The maximum atomic E-state index is 13.6. The van der Waals surface area contributed by atoms with Crippen LogP contribution in [0.15, 0.2) is 73.4 Å². The molecule has 39 heavy (non-hydrogen) atoms. The zero-order chi connectivity index (χ0) is 27.6. The summed E-state index contributed by atoms with van der Waals surface area (Å²) in [4.78, 5) is 29.8. The molecule has 2 N–H and O–H groups in total. The van der Waals surface area contributed by atoms with E-state index in [2.05, 4.69) is 42.8 Å². The number of hydrogen-bond acceptors (Lipinski definition) is 6. The van der Waals surface area contributed by atoms with Crippen LogP contribution >= 0.6 is 0 Å². The molecule has 0 bridgehead atoms. The fourth-order valence-corrected chi connectivity index (χ4v) is 3.79. The third kappa shape index (κ3) is 5.86. The molecule has 0 fully saturated rings. The standard InChI is InChI=1S/C28H20F3N7O/c1-17-5-6-19(10-25(17)37-27-33-9-7-24(36-27)20-4-3-8-32-14-20)26(39)35-22-11-21(28(29,30)31)12-23(13-22)38-15-18(2)34-16-38/h4-7,9-16H,1-2H3,(H,35,39)(H,33,36,37). The molecule has 5 rings (SSSR count). The fourth-order valence-electron chi connectivity index (χ4n) is 3.79. The number of nitrogens with one attached hydrogen (secondary N) is 2. The Kier molecular flexibility index (Phi) is 6.68. The first-order chi connectivity index (χ1) is 18.7. The normalized spacial score (nSPS) is 11.1. The smallest absolute Gasteiger partial charge is 0.324 e. The molecule has 3 aromatic heterocycles. The van der Waals surface area contributed by atoms with Crippen LogP contribution in [-0.2, 0) is 6.18 Å². The number of halogens is 3. The van der Waals surface area contributed by atoms with Crippen LogP contribution in [0.5, 0.6) is 0 Å². The van der Waals surface area contributed by atoms with E-state index in [9.17, 15) is 18.0 Å². The van der Waals surface area contributed by atoms with Crippen LogP contribution in [0.25, 0.3) is 16.9 Å². The average Bonchev–Trinajstić information content (AvgIpc) is 3.36. The maximum Gasteiger partial charge on any atom is 0.416 e. The quantitative estimate of drug-likeness (QED) is 0.283. The van der Waals surface area contributed by atoms with E-state index in [1.165, 1.54) is 17.0 Å². The summed E-state index contributed by atoms with van der Waals surface area (Å²) >= 11 is 0. The van der Waals surface area contributed by atoms with Crippen molar-refractivity contribution in [1.82, 2.24) is 24.5 Å². The Labute approximate surface area is 221 Å². The Morgan fingerprint density at radius 1 is 1.05 bits per heavy atom. The Hall–Kier alpha value is -5.24. The highest BCUT2D eigenvalue weighted by molar-refractivity contribution is 6.05. The summed E-state index contributed by atoms with van der Waals surface area (Å²) in [5, 5.41) is 5.69. The summed E-state index contributed by atoms with van der Waals surface area (Å²) in [6, 6.07) is 14.4. The van der Waals surface area contributed by atoms with E-state index < -0.39 is 17.6 Å². The molecule has 0 saturated carbocycles. The molecule has 2 aromatic carbocycles. The first-order valence-electron chi connectivity index (χ1n) is 11.7. The van der Waals surface area contributed by atoms with Crippen LogP contribution in [-0.4, -0.2) is 30.4 Å². The number of amides is 1.